The Morgan fingerprint density at radius 1 is 0.788 bits per heavy atom. The van der Waals surface area contributed by atoms with Gasteiger partial charge in [-0.15, -0.1) is 0 Å². The molecule has 10 unspecified atom stereocenters. The van der Waals surface area contributed by atoms with Crippen molar-refractivity contribution in [3.63, 3.8) is 0 Å². The van der Waals surface area contributed by atoms with Crippen LogP contribution in [0.3, 0.4) is 0 Å². The summed E-state index contributed by atoms with van der Waals surface area (Å²) >= 11 is 0. The maximum absolute atomic E-state index is 13.2. The third-order valence-corrected chi connectivity index (χ3v) is 13.7. The summed E-state index contributed by atoms with van der Waals surface area (Å²) in [6, 6.07) is 0. The van der Waals surface area contributed by atoms with Crippen molar-refractivity contribution in [3.8, 4) is 0 Å². The highest BCUT2D eigenvalue weighted by Crippen LogP contribution is 2.77. The molecule has 0 spiro atoms. The van der Waals surface area contributed by atoms with Gasteiger partial charge in [-0.3, -0.25) is 4.79 Å². The summed E-state index contributed by atoms with van der Waals surface area (Å²) in [4.78, 5) is 13.2. The van der Waals surface area contributed by atoms with Gasteiger partial charge in [-0.05, 0) is 129 Å². The molecule has 2 heteroatoms. The van der Waals surface area contributed by atoms with Crippen molar-refractivity contribution in [1.29, 1.82) is 0 Å². The van der Waals surface area contributed by atoms with Crippen LogP contribution >= 0.6 is 0 Å². The maximum Gasteiger partial charge on any atom is 0.136 e. The molecule has 5 aliphatic rings. The minimum atomic E-state index is -0.160. The number of hydrogen-bond acceptors (Lipinski definition) is 2. The third kappa shape index (κ3) is 2.80. The fourth-order valence-corrected chi connectivity index (χ4v) is 11.7. The van der Waals surface area contributed by atoms with Crippen molar-refractivity contribution in [2.45, 2.75) is 119 Å². The molecule has 2 nitrogen and oxygen atoms in total. The van der Waals surface area contributed by atoms with Gasteiger partial charge in [0.15, 0.2) is 0 Å². The monoisotopic (exact) mass is 454 g/mol. The lowest BCUT2D eigenvalue weighted by atomic mass is 9.32. The van der Waals surface area contributed by atoms with Crippen LogP contribution in [-0.4, -0.2) is 17.0 Å². The molecule has 5 rings (SSSR count). The van der Waals surface area contributed by atoms with E-state index >= 15 is 0 Å². The van der Waals surface area contributed by atoms with Crippen LogP contribution in [0.4, 0.5) is 0 Å². The first-order valence-corrected chi connectivity index (χ1v) is 14.1. The lowest BCUT2D eigenvalue weighted by Crippen LogP contribution is -2.67. The van der Waals surface area contributed by atoms with Crippen molar-refractivity contribution in [2.24, 2.45) is 56.7 Å². The van der Waals surface area contributed by atoms with Crippen molar-refractivity contribution in [2.75, 3.05) is 0 Å². The van der Waals surface area contributed by atoms with Crippen molar-refractivity contribution in [1.82, 2.24) is 0 Å². The van der Waals surface area contributed by atoms with Crippen LogP contribution in [0.2, 0.25) is 0 Å². The molecule has 0 radical (unpaired) electrons. The summed E-state index contributed by atoms with van der Waals surface area (Å²) in [7, 11) is 0. The quantitative estimate of drug-likeness (QED) is 0.436. The van der Waals surface area contributed by atoms with Crippen LogP contribution in [0.1, 0.15) is 113 Å². The van der Waals surface area contributed by atoms with Gasteiger partial charge in [-0.2, -0.15) is 0 Å². The fraction of sp³-hybridized carbons (Fsp3) is 0.903. The number of Topliss-reactive ketones (excluding diaryl/α,β-unsaturated/α-hetero) is 1. The SMILES string of the molecule is C=C(C)C1CCC2(C(C)=O)CCC3(C)C(CCC4C5(C)CCC(O)C(C)(C)C5CCC43C)C12. The summed E-state index contributed by atoms with van der Waals surface area (Å²) in [5.74, 6) is 3.47. The largest absolute Gasteiger partial charge is 0.393 e. The Labute approximate surface area is 203 Å². The molecule has 0 heterocycles. The minimum Gasteiger partial charge on any atom is -0.393 e. The Kier molecular flexibility index (Phi) is 5.26. The molecule has 186 valence electrons. The molecule has 1 N–H and O–H groups in total. The number of carbonyl (C=O) groups excluding carboxylic acids is 1. The van der Waals surface area contributed by atoms with Gasteiger partial charge in [-0.25, -0.2) is 0 Å². The van der Waals surface area contributed by atoms with Gasteiger partial charge >= 0.3 is 0 Å². The van der Waals surface area contributed by atoms with Crippen LogP contribution in [0, 0.1) is 56.7 Å². The Balaban J connectivity index is 1.57. The molecule has 0 bridgehead atoms. The predicted molar refractivity (Wildman–Crippen MR) is 136 cm³/mol. The number of hydrogen-bond donors (Lipinski definition) is 1. The first-order valence-electron chi connectivity index (χ1n) is 14.1. The molecular weight excluding hydrogens is 404 g/mol. The molecule has 0 amide bonds. The van der Waals surface area contributed by atoms with Crippen LogP contribution in [-0.2, 0) is 4.79 Å². The van der Waals surface area contributed by atoms with E-state index in [4.69, 9.17) is 0 Å². The third-order valence-electron chi connectivity index (χ3n) is 13.7. The Morgan fingerprint density at radius 3 is 2.12 bits per heavy atom. The predicted octanol–water partition coefficient (Wildman–Crippen LogP) is 7.59. The molecule has 0 aromatic rings. The standard InChI is InChI=1S/C31H50O2/c1-19(2)21-11-16-31(20(3)32)18-17-29(7)22(26(21)31)9-10-24-28(6)14-13-25(33)27(4,5)23(28)12-15-30(24,29)8/h21-26,33H,1,9-18H2,2-8H3. The second kappa shape index (κ2) is 7.21. The van der Waals surface area contributed by atoms with Crippen molar-refractivity contribution < 1.29 is 9.90 Å². The number of rotatable bonds is 2. The summed E-state index contributed by atoms with van der Waals surface area (Å²) in [5.41, 5.74) is 2.19. The fourth-order valence-electron chi connectivity index (χ4n) is 11.7. The smallest absolute Gasteiger partial charge is 0.136 e. The lowest BCUT2D eigenvalue weighted by Gasteiger charge is -2.72. The van der Waals surface area contributed by atoms with E-state index in [-0.39, 0.29) is 16.9 Å². The summed E-state index contributed by atoms with van der Waals surface area (Å²) in [6.45, 7) is 21.1. The van der Waals surface area contributed by atoms with E-state index in [1.165, 1.54) is 44.1 Å². The highest BCUT2D eigenvalue weighted by molar-refractivity contribution is 5.83. The van der Waals surface area contributed by atoms with Crippen molar-refractivity contribution >= 4 is 5.78 Å². The summed E-state index contributed by atoms with van der Waals surface area (Å²) in [6.07, 6.45) is 11.7. The molecular formula is C31H50O2. The average molecular weight is 455 g/mol. The molecule has 10 atom stereocenters. The van der Waals surface area contributed by atoms with Crippen LogP contribution in [0.15, 0.2) is 12.2 Å². The van der Waals surface area contributed by atoms with Gasteiger partial charge < -0.3 is 5.11 Å². The zero-order valence-corrected chi connectivity index (χ0v) is 22.6. The molecule has 33 heavy (non-hydrogen) atoms. The van der Waals surface area contributed by atoms with Gasteiger partial charge in [0.2, 0.25) is 0 Å². The van der Waals surface area contributed by atoms with Gasteiger partial charge in [0, 0.05) is 5.41 Å². The molecule has 0 aliphatic heterocycles. The number of fused-ring (bicyclic) bond motifs is 7. The maximum atomic E-state index is 13.2. The number of ketones is 1. The van der Waals surface area contributed by atoms with E-state index < -0.39 is 0 Å². The van der Waals surface area contributed by atoms with E-state index in [9.17, 15) is 9.90 Å². The zero-order valence-electron chi connectivity index (χ0n) is 22.6. The molecule has 0 aromatic heterocycles. The average Bonchev–Trinajstić information content (AvgIpc) is 3.13. The normalized spacial score (nSPS) is 55.0. The highest BCUT2D eigenvalue weighted by Gasteiger charge is 2.71. The number of aliphatic hydroxyl groups is 1. The van der Waals surface area contributed by atoms with Crippen LogP contribution in [0.25, 0.3) is 0 Å². The Hall–Kier alpha value is -0.630. The van der Waals surface area contributed by atoms with E-state index in [0.717, 1.165) is 31.6 Å². The zero-order chi connectivity index (χ0) is 24.2. The molecule has 0 aromatic carbocycles. The summed E-state index contributed by atoms with van der Waals surface area (Å²) < 4.78 is 0. The number of allylic oxidation sites excluding steroid dienone is 1. The van der Waals surface area contributed by atoms with E-state index in [1.54, 1.807) is 0 Å². The molecule has 5 saturated carbocycles. The van der Waals surface area contributed by atoms with Gasteiger partial charge in [-0.1, -0.05) is 46.8 Å². The second-order valence-corrected chi connectivity index (χ2v) is 14.8. The van der Waals surface area contributed by atoms with E-state index in [1.807, 2.05) is 6.92 Å². The van der Waals surface area contributed by atoms with Gasteiger partial charge in [0.1, 0.15) is 5.78 Å². The van der Waals surface area contributed by atoms with Crippen molar-refractivity contribution in [3.05, 3.63) is 12.2 Å². The second-order valence-electron chi connectivity index (χ2n) is 14.8. The number of aliphatic hydroxyl groups excluding tert-OH is 1. The molecule has 5 aliphatic carbocycles. The lowest BCUT2D eigenvalue weighted by molar-refractivity contribution is -0.246. The van der Waals surface area contributed by atoms with Crippen LogP contribution < -0.4 is 0 Å². The van der Waals surface area contributed by atoms with E-state index in [0.29, 0.717) is 45.7 Å². The van der Waals surface area contributed by atoms with Crippen LogP contribution in [0.5, 0.6) is 0 Å². The molecule has 0 saturated heterocycles. The van der Waals surface area contributed by atoms with Gasteiger partial charge in [0.25, 0.3) is 0 Å². The minimum absolute atomic E-state index is 0.0128. The molecule has 5 fully saturated rings. The highest BCUT2D eigenvalue weighted by atomic mass is 16.3. The first-order chi connectivity index (χ1) is 15.3. The first kappa shape index (κ1) is 24.1. The Morgan fingerprint density at radius 2 is 1.48 bits per heavy atom. The topological polar surface area (TPSA) is 37.3 Å². The van der Waals surface area contributed by atoms with E-state index in [2.05, 4.69) is 48.1 Å². The Bertz CT molecular complexity index is 857. The number of carbonyl (C=O) groups is 1. The summed E-state index contributed by atoms with van der Waals surface area (Å²) in [5, 5.41) is 10.9. The van der Waals surface area contributed by atoms with Gasteiger partial charge in [0.05, 0.1) is 6.10 Å².